The lowest BCUT2D eigenvalue weighted by Crippen LogP contribution is -2.49. The first kappa shape index (κ1) is 19.2. The van der Waals surface area contributed by atoms with Crippen molar-refractivity contribution in [1.82, 2.24) is 4.90 Å². The fraction of sp³-hybridized carbons (Fsp3) is 0.588. The third kappa shape index (κ3) is 4.08. The predicted molar refractivity (Wildman–Crippen MR) is 96.3 cm³/mol. The molecule has 7 heteroatoms. The summed E-state index contributed by atoms with van der Waals surface area (Å²) < 4.78 is 11.1. The van der Waals surface area contributed by atoms with Crippen LogP contribution in [0.3, 0.4) is 0 Å². The second kappa shape index (κ2) is 8.28. The average molecular weight is 375 g/mol. The summed E-state index contributed by atoms with van der Waals surface area (Å²) in [4.78, 5) is 14.6. The third-order valence-corrected chi connectivity index (χ3v) is 4.86. The third-order valence-electron chi connectivity index (χ3n) is 4.58. The van der Waals surface area contributed by atoms with Gasteiger partial charge >= 0.3 is 0 Å². The van der Waals surface area contributed by atoms with Gasteiger partial charge in [-0.2, -0.15) is 0 Å². The van der Waals surface area contributed by atoms with Gasteiger partial charge in [0.05, 0.1) is 11.4 Å². The summed E-state index contributed by atoms with van der Waals surface area (Å²) in [5.74, 6) is 1.91. The lowest BCUT2D eigenvalue weighted by atomic mass is 9.92. The van der Waals surface area contributed by atoms with E-state index in [0.29, 0.717) is 48.6 Å². The van der Waals surface area contributed by atoms with Crippen LogP contribution in [0.5, 0.6) is 11.5 Å². The molecule has 2 atom stereocenters. The summed E-state index contributed by atoms with van der Waals surface area (Å²) in [6.07, 6.45) is 2.31. The number of carbonyl (C=O) groups excluding carboxylic acids is 1. The van der Waals surface area contributed by atoms with Gasteiger partial charge in [-0.3, -0.25) is 4.79 Å². The van der Waals surface area contributed by atoms with Crippen molar-refractivity contribution < 1.29 is 14.3 Å². The number of hydrogen-bond acceptors (Lipinski definition) is 4. The Morgan fingerprint density at radius 1 is 1.38 bits per heavy atom. The van der Waals surface area contributed by atoms with Crippen molar-refractivity contribution in [2.45, 2.75) is 32.2 Å². The number of ether oxygens (including phenoxy) is 2. The van der Waals surface area contributed by atoms with Gasteiger partial charge in [0.1, 0.15) is 13.2 Å². The van der Waals surface area contributed by atoms with Gasteiger partial charge in [-0.1, -0.05) is 18.5 Å². The number of likely N-dealkylation sites (tertiary alicyclic amines) is 1. The Hall–Kier alpha value is -1.17. The number of hydrogen-bond donors (Lipinski definition) is 1. The zero-order valence-electron chi connectivity index (χ0n) is 13.8. The van der Waals surface area contributed by atoms with Crippen molar-refractivity contribution >= 4 is 29.9 Å². The van der Waals surface area contributed by atoms with Gasteiger partial charge in [0.2, 0.25) is 5.91 Å². The van der Waals surface area contributed by atoms with E-state index in [1.165, 1.54) is 0 Å². The molecule has 0 aliphatic carbocycles. The second-order valence-corrected chi connectivity index (χ2v) is 6.79. The molecular formula is C17H24Cl2N2O3. The van der Waals surface area contributed by atoms with Gasteiger partial charge < -0.3 is 20.1 Å². The second-order valence-electron chi connectivity index (χ2n) is 6.38. The van der Waals surface area contributed by atoms with E-state index in [1.54, 1.807) is 6.07 Å². The van der Waals surface area contributed by atoms with Crippen LogP contribution in [0.25, 0.3) is 0 Å². The van der Waals surface area contributed by atoms with Crippen LogP contribution in [0.2, 0.25) is 5.02 Å². The van der Waals surface area contributed by atoms with Crippen LogP contribution >= 0.6 is 24.0 Å². The normalized spacial score (nSPS) is 22.7. The number of fused-ring (bicyclic) bond motifs is 1. The maximum absolute atomic E-state index is 12.7. The Labute approximate surface area is 153 Å². The Morgan fingerprint density at radius 2 is 2.12 bits per heavy atom. The molecule has 1 aromatic carbocycles. The van der Waals surface area contributed by atoms with Crippen LogP contribution in [0.1, 0.15) is 25.3 Å². The van der Waals surface area contributed by atoms with Crippen LogP contribution < -0.4 is 15.2 Å². The first-order valence-electron chi connectivity index (χ1n) is 8.16. The highest BCUT2D eigenvalue weighted by atomic mass is 35.5. The van der Waals surface area contributed by atoms with E-state index in [0.717, 1.165) is 24.9 Å². The number of nitrogens with zero attached hydrogens (tertiary/aromatic N) is 1. The molecule has 0 radical (unpaired) electrons. The first-order chi connectivity index (χ1) is 11.1. The van der Waals surface area contributed by atoms with Crippen LogP contribution in [0.4, 0.5) is 0 Å². The van der Waals surface area contributed by atoms with Gasteiger partial charge in [-0.25, -0.2) is 0 Å². The smallest absolute Gasteiger partial charge is 0.227 e. The van der Waals surface area contributed by atoms with Crippen molar-refractivity contribution in [1.29, 1.82) is 0 Å². The van der Waals surface area contributed by atoms with E-state index < -0.39 is 0 Å². The van der Waals surface area contributed by atoms with Gasteiger partial charge in [0.25, 0.3) is 0 Å². The van der Waals surface area contributed by atoms with Gasteiger partial charge in [-0.05, 0) is 36.5 Å². The lowest BCUT2D eigenvalue weighted by Gasteiger charge is -2.38. The fourth-order valence-corrected chi connectivity index (χ4v) is 3.63. The molecule has 0 aromatic heterocycles. The number of carbonyl (C=O) groups is 1. The quantitative estimate of drug-likeness (QED) is 0.882. The molecule has 1 amide bonds. The predicted octanol–water partition coefficient (Wildman–Crippen LogP) is 2.66. The SMILES string of the molecule is CC1CCN(C(=O)Cc2cc(Cl)c3c(c2)OCCO3)C(CN)C1.Cl. The largest absolute Gasteiger partial charge is 0.486 e. The number of amides is 1. The minimum atomic E-state index is 0. The van der Waals surface area contributed by atoms with Crippen LogP contribution in [0.15, 0.2) is 12.1 Å². The van der Waals surface area contributed by atoms with E-state index in [4.69, 9.17) is 26.8 Å². The van der Waals surface area contributed by atoms with Crippen LogP contribution in [-0.4, -0.2) is 43.2 Å². The number of rotatable bonds is 3. The molecule has 2 aliphatic heterocycles. The van der Waals surface area contributed by atoms with Gasteiger partial charge in [0, 0.05) is 19.1 Å². The maximum atomic E-state index is 12.7. The highest BCUT2D eigenvalue weighted by Gasteiger charge is 2.29. The summed E-state index contributed by atoms with van der Waals surface area (Å²) in [5, 5.41) is 0.493. The van der Waals surface area contributed by atoms with E-state index in [9.17, 15) is 4.79 Å². The number of benzene rings is 1. The molecule has 24 heavy (non-hydrogen) atoms. The molecule has 134 valence electrons. The topological polar surface area (TPSA) is 64.8 Å². The standard InChI is InChI=1S/C17H23ClN2O3.ClH/c1-11-2-3-20(13(6-11)10-19)16(21)9-12-7-14(18)17-15(8-12)22-4-5-23-17;/h7-8,11,13H,2-6,9-10,19H2,1H3;1H. The molecule has 1 fully saturated rings. The van der Waals surface area contributed by atoms with Crippen molar-refractivity contribution in [2.75, 3.05) is 26.3 Å². The molecule has 2 aliphatic rings. The summed E-state index contributed by atoms with van der Waals surface area (Å²) in [7, 11) is 0. The van der Waals surface area contributed by atoms with Crippen molar-refractivity contribution in [3.8, 4) is 11.5 Å². The summed E-state index contributed by atoms with van der Waals surface area (Å²) in [6.45, 7) is 4.50. The number of nitrogens with two attached hydrogens (primary N) is 1. The van der Waals surface area contributed by atoms with E-state index in [1.807, 2.05) is 11.0 Å². The van der Waals surface area contributed by atoms with Crippen LogP contribution in [0, 0.1) is 5.92 Å². The minimum Gasteiger partial charge on any atom is -0.486 e. The molecule has 2 unspecified atom stereocenters. The number of piperidine rings is 1. The molecule has 1 aromatic rings. The van der Waals surface area contributed by atoms with Crippen LogP contribution in [-0.2, 0) is 11.2 Å². The Kier molecular flexibility index (Phi) is 6.61. The van der Waals surface area contributed by atoms with E-state index in [-0.39, 0.29) is 24.4 Å². The summed E-state index contributed by atoms with van der Waals surface area (Å²) in [5.41, 5.74) is 6.70. The Balaban J connectivity index is 0.00000208. The monoisotopic (exact) mass is 374 g/mol. The van der Waals surface area contributed by atoms with Crippen molar-refractivity contribution in [3.05, 3.63) is 22.7 Å². The maximum Gasteiger partial charge on any atom is 0.227 e. The summed E-state index contributed by atoms with van der Waals surface area (Å²) in [6, 6.07) is 3.78. The summed E-state index contributed by atoms with van der Waals surface area (Å²) >= 11 is 6.24. The fourth-order valence-electron chi connectivity index (χ4n) is 3.35. The molecule has 3 rings (SSSR count). The zero-order chi connectivity index (χ0) is 16.4. The van der Waals surface area contributed by atoms with E-state index in [2.05, 4.69) is 6.92 Å². The molecule has 1 saturated heterocycles. The first-order valence-corrected chi connectivity index (χ1v) is 8.54. The molecular weight excluding hydrogens is 351 g/mol. The van der Waals surface area contributed by atoms with Gasteiger partial charge in [0.15, 0.2) is 11.5 Å². The highest BCUT2D eigenvalue weighted by molar-refractivity contribution is 6.32. The zero-order valence-corrected chi connectivity index (χ0v) is 15.4. The molecule has 2 heterocycles. The molecule has 0 bridgehead atoms. The Morgan fingerprint density at radius 3 is 2.88 bits per heavy atom. The molecule has 2 N–H and O–H groups in total. The number of halogens is 2. The van der Waals surface area contributed by atoms with Crippen molar-refractivity contribution in [3.63, 3.8) is 0 Å². The molecule has 0 saturated carbocycles. The van der Waals surface area contributed by atoms with E-state index >= 15 is 0 Å². The van der Waals surface area contributed by atoms with Crippen molar-refractivity contribution in [2.24, 2.45) is 11.7 Å². The minimum absolute atomic E-state index is 0. The van der Waals surface area contributed by atoms with Gasteiger partial charge in [-0.15, -0.1) is 12.4 Å². The molecule has 5 nitrogen and oxygen atoms in total. The molecule has 0 spiro atoms. The lowest BCUT2D eigenvalue weighted by molar-refractivity contribution is -0.134. The average Bonchev–Trinajstić information content (AvgIpc) is 2.54. The highest BCUT2D eigenvalue weighted by Crippen LogP contribution is 2.38. The Bertz CT molecular complexity index is 597.